The minimum Gasteiger partial charge on any atom is -0.482 e. The standard InChI is InChI=1S/C11H10N2O4/c12-5-4-10(14)13-8-2-1-3-9(6-8)17-7-11(15)16/h1-3,6H,4,7H2,(H,13,14)(H,15,16). The Labute approximate surface area is 97.4 Å². The summed E-state index contributed by atoms with van der Waals surface area (Å²) in [6.07, 6.45) is -0.236. The molecule has 0 bridgehead atoms. The smallest absolute Gasteiger partial charge is 0.341 e. The van der Waals surface area contributed by atoms with Crippen molar-refractivity contribution in [1.29, 1.82) is 5.26 Å². The highest BCUT2D eigenvalue weighted by molar-refractivity contribution is 5.92. The maximum absolute atomic E-state index is 11.1. The quantitative estimate of drug-likeness (QED) is 0.791. The number of carbonyl (C=O) groups excluding carboxylic acids is 1. The molecule has 1 amide bonds. The molecule has 0 radical (unpaired) electrons. The number of anilines is 1. The molecule has 0 heterocycles. The number of amides is 1. The van der Waals surface area contributed by atoms with Crippen molar-refractivity contribution in [1.82, 2.24) is 0 Å². The van der Waals surface area contributed by atoms with Crippen molar-refractivity contribution in [2.45, 2.75) is 6.42 Å². The van der Waals surface area contributed by atoms with Crippen LogP contribution in [0.5, 0.6) is 5.75 Å². The first kappa shape index (κ1) is 12.5. The zero-order valence-electron chi connectivity index (χ0n) is 8.84. The number of carboxylic acids is 1. The van der Waals surface area contributed by atoms with Crippen LogP contribution in [0.2, 0.25) is 0 Å². The van der Waals surface area contributed by atoms with Gasteiger partial charge in [0.25, 0.3) is 0 Å². The molecule has 0 unspecified atom stereocenters. The predicted octanol–water partition coefficient (Wildman–Crippen LogP) is 1.00. The van der Waals surface area contributed by atoms with Crippen LogP contribution in [-0.4, -0.2) is 23.6 Å². The molecule has 0 spiro atoms. The Balaban J connectivity index is 2.63. The number of nitrogens with one attached hydrogen (secondary N) is 1. The molecule has 17 heavy (non-hydrogen) atoms. The van der Waals surface area contributed by atoms with Crippen LogP contribution < -0.4 is 10.1 Å². The highest BCUT2D eigenvalue weighted by Gasteiger charge is 2.03. The first-order valence-electron chi connectivity index (χ1n) is 4.73. The molecule has 6 nitrogen and oxygen atoms in total. The van der Waals surface area contributed by atoms with E-state index in [-0.39, 0.29) is 6.42 Å². The summed E-state index contributed by atoms with van der Waals surface area (Å²) >= 11 is 0. The minimum absolute atomic E-state index is 0.236. The fraction of sp³-hybridized carbons (Fsp3) is 0.182. The topological polar surface area (TPSA) is 99.4 Å². The fourth-order valence-corrected chi connectivity index (χ4v) is 1.09. The van der Waals surface area contributed by atoms with E-state index < -0.39 is 18.5 Å². The van der Waals surface area contributed by atoms with Gasteiger partial charge in [0.05, 0.1) is 6.07 Å². The average molecular weight is 234 g/mol. The third kappa shape index (κ3) is 4.66. The summed E-state index contributed by atoms with van der Waals surface area (Å²) in [4.78, 5) is 21.4. The molecule has 2 N–H and O–H groups in total. The summed E-state index contributed by atoms with van der Waals surface area (Å²) in [5, 5.41) is 19.2. The molecule has 0 aliphatic heterocycles. The van der Waals surface area contributed by atoms with Crippen LogP contribution in [0.1, 0.15) is 6.42 Å². The predicted molar refractivity (Wildman–Crippen MR) is 58.4 cm³/mol. The molecule has 0 aromatic heterocycles. The van der Waals surface area contributed by atoms with Crippen molar-refractivity contribution < 1.29 is 19.4 Å². The highest BCUT2D eigenvalue weighted by Crippen LogP contribution is 2.17. The maximum atomic E-state index is 11.1. The monoisotopic (exact) mass is 234 g/mol. The molecular formula is C11H10N2O4. The van der Waals surface area contributed by atoms with E-state index in [4.69, 9.17) is 15.1 Å². The number of carbonyl (C=O) groups is 2. The number of rotatable bonds is 5. The SMILES string of the molecule is N#CCC(=O)Nc1cccc(OCC(=O)O)c1. The van der Waals surface area contributed by atoms with E-state index in [0.717, 1.165) is 0 Å². The maximum Gasteiger partial charge on any atom is 0.341 e. The van der Waals surface area contributed by atoms with Crippen LogP contribution >= 0.6 is 0 Å². The van der Waals surface area contributed by atoms with Crippen molar-refractivity contribution in [3.63, 3.8) is 0 Å². The summed E-state index contributed by atoms with van der Waals surface area (Å²) in [5.74, 6) is -1.17. The van der Waals surface area contributed by atoms with Crippen LogP contribution in [0.25, 0.3) is 0 Å². The number of nitrogens with zero attached hydrogens (tertiary/aromatic N) is 1. The molecule has 6 heteroatoms. The van der Waals surface area contributed by atoms with Crippen LogP contribution in [0.15, 0.2) is 24.3 Å². The van der Waals surface area contributed by atoms with Gasteiger partial charge in [-0.1, -0.05) is 6.07 Å². The molecular weight excluding hydrogens is 224 g/mol. The molecule has 0 fully saturated rings. The van der Waals surface area contributed by atoms with Gasteiger partial charge >= 0.3 is 5.97 Å². The molecule has 88 valence electrons. The Morgan fingerprint density at radius 1 is 1.47 bits per heavy atom. The largest absolute Gasteiger partial charge is 0.482 e. The van der Waals surface area contributed by atoms with Crippen LogP contribution in [0.3, 0.4) is 0 Å². The van der Waals surface area contributed by atoms with Gasteiger partial charge in [0.15, 0.2) is 6.61 Å². The molecule has 0 saturated carbocycles. The number of aliphatic carboxylic acids is 1. The third-order valence-electron chi connectivity index (χ3n) is 1.72. The molecule has 0 saturated heterocycles. The van der Waals surface area contributed by atoms with E-state index in [0.29, 0.717) is 11.4 Å². The summed E-state index contributed by atoms with van der Waals surface area (Å²) in [5.41, 5.74) is 0.452. The Morgan fingerprint density at radius 3 is 2.88 bits per heavy atom. The number of nitriles is 1. The third-order valence-corrected chi connectivity index (χ3v) is 1.72. The molecule has 0 atom stereocenters. The van der Waals surface area contributed by atoms with E-state index >= 15 is 0 Å². The first-order chi connectivity index (χ1) is 8.11. The molecule has 1 rings (SSSR count). The van der Waals surface area contributed by atoms with Crippen molar-refractivity contribution in [2.24, 2.45) is 0 Å². The van der Waals surface area contributed by atoms with Gasteiger partial charge in [-0.05, 0) is 12.1 Å². The molecule has 1 aromatic rings. The van der Waals surface area contributed by atoms with Crippen molar-refractivity contribution >= 4 is 17.6 Å². The number of benzene rings is 1. The minimum atomic E-state index is -1.08. The number of carboxylic acid groups (broad SMARTS) is 1. The molecule has 1 aromatic carbocycles. The first-order valence-corrected chi connectivity index (χ1v) is 4.73. The van der Waals surface area contributed by atoms with Gasteiger partial charge in [-0.2, -0.15) is 5.26 Å². The number of hydrogen-bond acceptors (Lipinski definition) is 4. The lowest BCUT2D eigenvalue weighted by Crippen LogP contribution is -2.11. The van der Waals surface area contributed by atoms with E-state index in [1.165, 1.54) is 6.07 Å². The summed E-state index contributed by atoms with van der Waals surface area (Å²) < 4.78 is 4.93. The average Bonchev–Trinajstić information content (AvgIpc) is 2.27. The second kappa shape index (κ2) is 6.12. The molecule has 0 aliphatic carbocycles. The van der Waals surface area contributed by atoms with Crippen molar-refractivity contribution in [3.8, 4) is 11.8 Å². The van der Waals surface area contributed by atoms with Gasteiger partial charge in [0.1, 0.15) is 12.2 Å². The van der Waals surface area contributed by atoms with Gasteiger partial charge in [-0.15, -0.1) is 0 Å². The van der Waals surface area contributed by atoms with E-state index in [1.807, 2.05) is 0 Å². The lowest BCUT2D eigenvalue weighted by atomic mass is 10.3. The number of hydrogen-bond donors (Lipinski definition) is 2. The van der Waals surface area contributed by atoms with Crippen molar-refractivity contribution in [2.75, 3.05) is 11.9 Å². The Morgan fingerprint density at radius 2 is 2.24 bits per heavy atom. The van der Waals surface area contributed by atoms with Crippen LogP contribution in [0.4, 0.5) is 5.69 Å². The van der Waals surface area contributed by atoms with Gasteiger partial charge < -0.3 is 15.2 Å². The van der Waals surface area contributed by atoms with Crippen LogP contribution in [-0.2, 0) is 9.59 Å². The van der Waals surface area contributed by atoms with E-state index in [9.17, 15) is 9.59 Å². The van der Waals surface area contributed by atoms with Crippen LogP contribution in [0, 0.1) is 11.3 Å². The summed E-state index contributed by atoms with van der Waals surface area (Å²) in [6, 6.07) is 8.00. The normalized spacial score (nSPS) is 9.12. The van der Waals surface area contributed by atoms with Gasteiger partial charge in [0.2, 0.25) is 5.91 Å². The molecule has 0 aliphatic rings. The Hall–Kier alpha value is -2.55. The zero-order valence-corrected chi connectivity index (χ0v) is 8.84. The highest BCUT2D eigenvalue weighted by atomic mass is 16.5. The Kier molecular flexibility index (Phi) is 4.51. The fourth-order valence-electron chi connectivity index (χ4n) is 1.09. The lowest BCUT2D eigenvalue weighted by molar-refractivity contribution is -0.139. The second-order valence-corrected chi connectivity index (χ2v) is 3.09. The van der Waals surface area contributed by atoms with E-state index in [2.05, 4.69) is 5.32 Å². The van der Waals surface area contributed by atoms with Crippen molar-refractivity contribution in [3.05, 3.63) is 24.3 Å². The summed E-state index contributed by atoms with van der Waals surface area (Å²) in [7, 11) is 0. The Bertz CT molecular complexity index is 465. The van der Waals surface area contributed by atoms with Gasteiger partial charge in [-0.3, -0.25) is 4.79 Å². The second-order valence-electron chi connectivity index (χ2n) is 3.09. The van der Waals surface area contributed by atoms with Gasteiger partial charge in [0, 0.05) is 11.8 Å². The lowest BCUT2D eigenvalue weighted by Gasteiger charge is -2.06. The zero-order chi connectivity index (χ0) is 12.7. The number of ether oxygens (including phenoxy) is 1. The summed E-state index contributed by atoms with van der Waals surface area (Å²) in [6.45, 7) is -0.449. The van der Waals surface area contributed by atoms with E-state index in [1.54, 1.807) is 24.3 Å². The van der Waals surface area contributed by atoms with Gasteiger partial charge in [-0.25, -0.2) is 4.79 Å².